The van der Waals surface area contributed by atoms with E-state index < -0.39 is 0 Å². The average Bonchev–Trinajstić information content (AvgIpc) is 3.66. The summed E-state index contributed by atoms with van der Waals surface area (Å²) in [5.41, 5.74) is 8.58. The molecule has 0 spiro atoms. The van der Waals surface area contributed by atoms with Crippen molar-refractivity contribution in [1.29, 1.82) is 0 Å². The molecule has 0 amide bonds. The molecular formula is C45H19B10N3O. The highest BCUT2D eigenvalue weighted by Gasteiger charge is 2.23. The summed E-state index contributed by atoms with van der Waals surface area (Å²) in [6, 6.07) is 39.0. The first-order chi connectivity index (χ1) is 28.4. The second-order valence-corrected chi connectivity index (χ2v) is 14.2. The van der Waals surface area contributed by atoms with Crippen LogP contribution < -0.4 is 54.6 Å². The Bertz CT molecular complexity index is 3010. The standard InChI is InChI=1S/C45H19B10N3O/c46-32-30(33(47)37(51)40(54)36(32)50)44-56-43(57-45(58-44)31-34(48)38(52)41(55)39(53)35(31)49)27-10-4-9-26-29-25(8-5-11-28(29)59-42(26)27)24-18-16-23(17-19-24)22-14-12-21(13-15-22)20-6-2-1-3-7-20/h1-19H. The molecule has 9 aromatic rings. The van der Waals surface area contributed by atoms with Crippen LogP contribution >= 0.6 is 0 Å². The average molecular weight is 726 g/mol. The Morgan fingerprint density at radius 1 is 0.322 bits per heavy atom. The smallest absolute Gasteiger partial charge is 0.167 e. The van der Waals surface area contributed by atoms with Gasteiger partial charge in [0.15, 0.2) is 17.5 Å². The molecule has 0 aliphatic heterocycles. The molecule has 0 atom stereocenters. The summed E-state index contributed by atoms with van der Waals surface area (Å²) in [6.07, 6.45) is 0. The van der Waals surface area contributed by atoms with E-state index in [4.69, 9.17) is 97.8 Å². The van der Waals surface area contributed by atoms with Crippen LogP contribution in [0, 0.1) is 0 Å². The Balaban J connectivity index is 1.20. The second kappa shape index (κ2) is 15.0. The number of para-hydroxylation sites is 1. The molecule has 4 nitrogen and oxygen atoms in total. The van der Waals surface area contributed by atoms with E-state index in [0.717, 1.165) is 38.6 Å². The molecule has 2 heterocycles. The van der Waals surface area contributed by atoms with Gasteiger partial charge in [0.2, 0.25) is 0 Å². The van der Waals surface area contributed by atoms with Crippen molar-refractivity contribution in [1.82, 2.24) is 15.0 Å². The van der Waals surface area contributed by atoms with Crippen LogP contribution in [0.5, 0.6) is 0 Å². The van der Waals surface area contributed by atoms with Gasteiger partial charge in [0.25, 0.3) is 0 Å². The van der Waals surface area contributed by atoms with Gasteiger partial charge in [-0.2, -0.15) is 0 Å². The van der Waals surface area contributed by atoms with Crippen molar-refractivity contribution in [2.24, 2.45) is 0 Å². The van der Waals surface area contributed by atoms with Crippen LogP contribution in [0.2, 0.25) is 0 Å². The van der Waals surface area contributed by atoms with Gasteiger partial charge >= 0.3 is 0 Å². The highest BCUT2D eigenvalue weighted by atomic mass is 16.3. The quantitative estimate of drug-likeness (QED) is 0.222. The van der Waals surface area contributed by atoms with Crippen LogP contribution in [0.4, 0.5) is 0 Å². The highest BCUT2D eigenvalue weighted by molar-refractivity contribution is 6.70. The van der Waals surface area contributed by atoms with Gasteiger partial charge in [0, 0.05) is 21.9 Å². The van der Waals surface area contributed by atoms with E-state index in [-0.39, 0.29) is 83.2 Å². The van der Waals surface area contributed by atoms with Gasteiger partial charge in [0.05, 0.1) is 5.56 Å². The third-order valence-electron chi connectivity index (χ3n) is 10.8. The molecule has 2 aromatic heterocycles. The van der Waals surface area contributed by atoms with Gasteiger partial charge in [-0.15, -0.1) is 32.8 Å². The molecular weight excluding hydrogens is 707 g/mol. The number of fused-ring (bicyclic) bond motifs is 3. The Hall–Kier alpha value is -6.00. The van der Waals surface area contributed by atoms with Crippen LogP contribution in [-0.4, -0.2) is 93.4 Å². The lowest BCUT2D eigenvalue weighted by Gasteiger charge is -2.22. The van der Waals surface area contributed by atoms with Crippen LogP contribution in [0.3, 0.4) is 0 Å². The minimum atomic E-state index is -0.00485. The number of hydrogen-bond acceptors (Lipinski definition) is 4. The normalized spacial score (nSPS) is 11.4. The zero-order valence-electron chi connectivity index (χ0n) is 31.5. The van der Waals surface area contributed by atoms with E-state index in [1.165, 1.54) is 5.56 Å². The van der Waals surface area contributed by atoms with Crippen LogP contribution in [0.25, 0.3) is 89.5 Å². The predicted octanol–water partition coefficient (Wildman–Crippen LogP) is -0.289. The predicted molar refractivity (Wildman–Crippen MR) is 254 cm³/mol. The molecule has 0 aliphatic carbocycles. The minimum Gasteiger partial charge on any atom is -0.455 e. The topological polar surface area (TPSA) is 51.8 Å². The molecule has 0 saturated carbocycles. The van der Waals surface area contributed by atoms with Crippen molar-refractivity contribution in [3.05, 3.63) is 115 Å². The zero-order chi connectivity index (χ0) is 41.3. The SMILES string of the molecule is [B]c1c([B])c([B])c(-c2nc(-c3c([B])c([B])c([B])c([B])c3[B])nc(-c3cccc4c3oc3cccc(-c5ccc(-c6ccc(-c7ccccc7)cc6)cc5)c34)n2)c([B])c1[B]. The molecule has 0 aliphatic rings. The van der Waals surface area contributed by atoms with Crippen LogP contribution in [0.15, 0.2) is 120 Å². The van der Waals surface area contributed by atoms with E-state index in [1.807, 2.05) is 48.5 Å². The van der Waals surface area contributed by atoms with E-state index in [2.05, 4.69) is 66.7 Å². The molecule has 59 heavy (non-hydrogen) atoms. The lowest BCUT2D eigenvalue weighted by atomic mass is 9.60. The molecule has 0 saturated heterocycles. The minimum absolute atomic E-state index is 0.00485. The van der Waals surface area contributed by atoms with Crippen LogP contribution in [-0.2, 0) is 0 Å². The summed E-state index contributed by atoms with van der Waals surface area (Å²) in [5.74, 6) is 0.143. The van der Waals surface area contributed by atoms with Gasteiger partial charge < -0.3 is 4.42 Å². The molecule has 9 rings (SSSR count). The number of nitrogens with zero attached hydrogens (tertiary/aromatic N) is 3. The van der Waals surface area contributed by atoms with Gasteiger partial charge in [0.1, 0.15) is 89.6 Å². The third kappa shape index (κ3) is 6.45. The molecule has 7 aromatic carbocycles. The molecule has 20 radical (unpaired) electrons. The van der Waals surface area contributed by atoms with Gasteiger partial charge in [-0.1, -0.05) is 125 Å². The summed E-state index contributed by atoms with van der Waals surface area (Å²) in [4.78, 5) is 14.4. The lowest BCUT2D eigenvalue weighted by Crippen LogP contribution is -2.55. The summed E-state index contributed by atoms with van der Waals surface area (Å²) < 4.78 is 6.62. The maximum atomic E-state index is 6.62. The lowest BCUT2D eigenvalue weighted by molar-refractivity contribution is 0.669. The Morgan fingerprint density at radius 2 is 0.712 bits per heavy atom. The maximum absolute atomic E-state index is 6.62. The number of furan rings is 1. The van der Waals surface area contributed by atoms with Crippen molar-refractivity contribution >= 4 is 155 Å². The molecule has 0 fully saturated rings. The first-order valence-corrected chi connectivity index (χ1v) is 18.4. The van der Waals surface area contributed by atoms with Gasteiger partial charge in [-0.25, -0.2) is 15.0 Å². The Labute approximate surface area is 355 Å². The number of aromatic nitrogens is 3. The monoisotopic (exact) mass is 727 g/mol. The molecule has 0 bridgehead atoms. The van der Waals surface area contributed by atoms with Crippen molar-refractivity contribution < 1.29 is 4.42 Å². The zero-order valence-corrected chi connectivity index (χ0v) is 31.5. The molecule has 250 valence electrons. The van der Waals surface area contributed by atoms with E-state index >= 15 is 0 Å². The van der Waals surface area contributed by atoms with Gasteiger partial charge in [-0.05, 0) is 45.5 Å². The molecule has 0 N–H and O–H groups in total. The van der Waals surface area contributed by atoms with Crippen molar-refractivity contribution in [3.63, 3.8) is 0 Å². The number of benzene rings is 7. The van der Waals surface area contributed by atoms with Crippen LogP contribution in [0.1, 0.15) is 0 Å². The molecule has 0 unspecified atom stereocenters. The molecule has 14 heteroatoms. The summed E-state index contributed by atoms with van der Waals surface area (Å²) >= 11 is 0. The van der Waals surface area contributed by atoms with Crippen molar-refractivity contribution in [2.45, 2.75) is 0 Å². The van der Waals surface area contributed by atoms with E-state index in [1.54, 1.807) is 0 Å². The Morgan fingerprint density at radius 3 is 1.20 bits per heavy atom. The fraction of sp³-hybridized carbons (Fsp3) is 0. The largest absolute Gasteiger partial charge is 0.455 e. The van der Waals surface area contributed by atoms with Gasteiger partial charge in [-0.3, -0.25) is 0 Å². The number of hydrogen-bond donors (Lipinski definition) is 0. The third-order valence-corrected chi connectivity index (χ3v) is 10.8. The second-order valence-electron chi connectivity index (χ2n) is 14.2. The first kappa shape index (κ1) is 38.5. The fourth-order valence-corrected chi connectivity index (χ4v) is 7.49. The Kier molecular flexibility index (Phi) is 9.78. The van der Waals surface area contributed by atoms with Crippen molar-refractivity contribution in [2.75, 3.05) is 0 Å². The maximum Gasteiger partial charge on any atom is 0.167 e. The summed E-state index contributed by atoms with van der Waals surface area (Å²) in [6.45, 7) is 0. The van der Waals surface area contributed by atoms with Crippen molar-refractivity contribution in [3.8, 4) is 67.5 Å². The van der Waals surface area contributed by atoms with E-state index in [0.29, 0.717) is 16.7 Å². The summed E-state index contributed by atoms with van der Waals surface area (Å²) in [7, 11) is 63.4. The van der Waals surface area contributed by atoms with E-state index in [9.17, 15) is 0 Å². The fourth-order valence-electron chi connectivity index (χ4n) is 7.49. The summed E-state index contributed by atoms with van der Waals surface area (Å²) in [5, 5.41) is 1.72. The highest BCUT2D eigenvalue weighted by Crippen LogP contribution is 2.40. The first-order valence-electron chi connectivity index (χ1n) is 18.4. The number of rotatable bonds is 6.